The van der Waals surface area contributed by atoms with Crippen molar-refractivity contribution in [2.45, 2.75) is 52.4 Å². The van der Waals surface area contributed by atoms with Crippen LogP contribution in [0.4, 0.5) is 0 Å². The van der Waals surface area contributed by atoms with Crippen molar-refractivity contribution in [3.63, 3.8) is 0 Å². The standard InChI is InChI=1S/C17H24N2O3/c1-3-4-5-6-7-8-17(20)19-18-13(2)14-9-10-15-16(11-14)22-12-21-15/h9-11H,3-8,12H2,1-2H3,(H,19,20). The van der Waals surface area contributed by atoms with E-state index in [2.05, 4.69) is 17.5 Å². The van der Waals surface area contributed by atoms with E-state index < -0.39 is 0 Å². The van der Waals surface area contributed by atoms with Crippen LogP contribution in [0.5, 0.6) is 11.5 Å². The van der Waals surface area contributed by atoms with E-state index in [1.54, 1.807) is 0 Å². The van der Waals surface area contributed by atoms with Gasteiger partial charge in [0.15, 0.2) is 11.5 Å². The Kier molecular flexibility index (Phi) is 6.25. The summed E-state index contributed by atoms with van der Waals surface area (Å²) < 4.78 is 10.6. The number of nitrogens with one attached hydrogen (secondary N) is 1. The number of fused-ring (bicyclic) bond motifs is 1. The summed E-state index contributed by atoms with van der Waals surface area (Å²) in [6.45, 7) is 4.29. The first kappa shape index (κ1) is 16.3. The van der Waals surface area contributed by atoms with Crippen LogP contribution in [0, 0.1) is 0 Å². The number of rotatable bonds is 8. The van der Waals surface area contributed by atoms with Crippen LogP contribution in [-0.4, -0.2) is 18.4 Å². The summed E-state index contributed by atoms with van der Waals surface area (Å²) in [6.07, 6.45) is 6.20. The molecule has 0 atom stereocenters. The number of unbranched alkanes of at least 4 members (excludes halogenated alkanes) is 4. The van der Waals surface area contributed by atoms with Crippen LogP contribution >= 0.6 is 0 Å². The van der Waals surface area contributed by atoms with Crippen LogP contribution in [0.1, 0.15) is 57.9 Å². The maximum Gasteiger partial charge on any atom is 0.240 e. The molecule has 1 aromatic carbocycles. The molecule has 22 heavy (non-hydrogen) atoms. The fourth-order valence-corrected chi connectivity index (χ4v) is 2.28. The largest absolute Gasteiger partial charge is 0.454 e. The third-order valence-electron chi connectivity index (χ3n) is 3.65. The zero-order chi connectivity index (χ0) is 15.8. The summed E-state index contributed by atoms with van der Waals surface area (Å²) in [5, 5.41) is 4.16. The van der Waals surface area contributed by atoms with Crippen LogP contribution in [0.15, 0.2) is 23.3 Å². The average molecular weight is 304 g/mol. The third-order valence-corrected chi connectivity index (χ3v) is 3.65. The lowest BCUT2D eigenvalue weighted by atomic mass is 10.1. The number of carbonyl (C=O) groups excluding carboxylic acids is 1. The van der Waals surface area contributed by atoms with Gasteiger partial charge in [0, 0.05) is 12.0 Å². The topological polar surface area (TPSA) is 59.9 Å². The minimum atomic E-state index is -0.0309. The highest BCUT2D eigenvalue weighted by Crippen LogP contribution is 2.32. The number of carbonyl (C=O) groups is 1. The molecule has 1 heterocycles. The van der Waals surface area contributed by atoms with Crippen molar-refractivity contribution in [3.05, 3.63) is 23.8 Å². The van der Waals surface area contributed by atoms with Gasteiger partial charge in [-0.25, -0.2) is 5.43 Å². The molecule has 0 saturated carbocycles. The van der Waals surface area contributed by atoms with E-state index in [1.165, 1.54) is 19.3 Å². The molecule has 1 amide bonds. The van der Waals surface area contributed by atoms with Crippen LogP contribution < -0.4 is 14.9 Å². The monoisotopic (exact) mass is 304 g/mol. The molecule has 0 radical (unpaired) electrons. The normalized spacial score (nSPS) is 13.3. The molecule has 0 aliphatic carbocycles. The number of hydrazone groups is 1. The number of ether oxygens (including phenoxy) is 2. The van der Waals surface area contributed by atoms with Gasteiger partial charge in [-0.1, -0.05) is 32.6 Å². The Hall–Kier alpha value is -2.04. The van der Waals surface area contributed by atoms with Crippen molar-refractivity contribution in [3.8, 4) is 11.5 Å². The molecule has 0 saturated heterocycles. The molecular weight excluding hydrogens is 280 g/mol. The first-order valence-corrected chi connectivity index (χ1v) is 7.94. The fraction of sp³-hybridized carbons (Fsp3) is 0.529. The Morgan fingerprint density at radius 3 is 2.77 bits per heavy atom. The van der Waals surface area contributed by atoms with E-state index in [0.29, 0.717) is 12.2 Å². The van der Waals surface area contributed by atoms with Gasteiger partial charge >= 0.3 is 0 Å². The molecule has 0 fully saturated rings. The first-order chi connectivity index (χ1) is 10.7. The molecule has 120 valence electrons. The Morgan fingerprint density at radius 1 is 1.18 bits per heavy atom. The van der Waals surface area contributed by atoms with Gasteiger partial charge in [0.1, 0.15) is 0 Å². The van der Waals surface area contributed by atoms with Gasteiger partial charge in [-0.2, -0.15) is 5.10 Å². The number of nitrogens with zero attached hydrogens (tertiary/aromatic N) is 1. The summed E-state index contributed by atoms with van der Waals surface area (Å²) in [5.74, 6) is 1.43. The van der Waals surface area contributed by atoms with Gasteiger partial charge in [0.2, 0.25) is 12.7 Å². The second-order valence-corrected chi connectivity index (χ2v) is 5.46. The van der Waals surface area contributed by atoms with Gasteiger partial charge in [0.05, 0.1) is 5.71 Å². The van der Waals surface area contributed by atoms with E-state index in [4.69, 9.17) is 9.47 Å². The lowest BCUT2D eigenvalue weighted by Crippen LogP contribution is -2.18. The highest BCUT2D eigenvalue weighted by Gasteiger charge is 2.14. The van der Waals surface area contributed by atoms with E-state index >= 15 is 0 Å². The quantitative estimate of drug-likeness (QED) is 0.453. The number of benzene rings is 1. The van der Waals surface area contributed by atoms with E-state index in [0.717, 1.165) is 29.9 Å². The summed E-state index contributed by atoms with van der Waals surface area (Å²) in [5.41, 5.74) is 4.27. The van der Waals surface area contributed by atoms with Crippen LogP contribution in [0.3, 0.4) is 0 Å². The number of amides is 1. The Morgan fingerprint density at radius 2 is 1.95 bits per heavy atom. The molecule has 0 unspecified atom stereocenters. The fourth-order valence-electron chi connectivity index (χ4n) is 2.28. The molecule has 1 aliphatic rings. The third kappa shape index (κ3) is 4.76. The molecular formula is C17H24N2O3. The van der Waals surface area contributed by atoms with Crippen molar-refractivity contribution >= 4 is 11.6 Å². The van der Waals surface area contributed by atoms with Crippen molar-refractivity contribution in [1.29, 1.82) is 0 Å². The minimum Gasteiger partial charge on any atom is -0.454 e. The van der Waals surface area contributed by atoms with Gasteiger partial charge in [-0.3, -0.25) is 4.79 Å². The zero-order valence-electron chi connectivity index (χ0n) is 13.4. The number of hydrogen-bond donors (Lipinski definition) is 1. The van der Waals surface area contributed by atoms with Gasteiger partial charge in [-0.15, -0.1) is 0 Å². The Labute approximate surface area is 131 Å². The van der Waals surface area contributed by atoms with Crippen LogP contribution in [0.25, 0.3) is 0 Å². The van der Waals surface area contributed by atoms with Crippen LogP contribution in [0.2, 0.25) is 0 Å². The summed E-state index contributed by atoms with van der Waals surface area (Å²) in [6, 6.07) is 5.63. The predicted molar refractivity (Wildman–Crippen MR) is 86.3 cm³/mol. The van der Waals surface area contributed by atoms with Crippen molar-refractivity contribution in [2.24, 2.45) is 5.10 Å². The van der Waals surface area contributed by atoms with E-state index in [-0.39, 0.29) is 12.7 Å². The van der Waals surface area contributed by atoms with Crippen molar-refractivity contribution in [2.75, 3.05) is 6.79 Å². The Balaban J connectivity index is 1.78. The summed E-state index contributed by atoms with van der Waals surface area (Å²) >= 11 is 0. The number of hydrogen-bond acceptors (Lipinski definition) is 4. The molecule has 0 spiro atoms. The smallest absolute Gasteiger partial charge is 0.240 e. The summed E-state index contributed by atoms with van der Waals surface area (Å²) in [7, 11) is 0. The summed E-state index contributed by atoms with van der Waals surface area (Å²) in [4.78, 5) is 11.7. The van der Waals surface area contributed by atoms with Gasteiger partial charge < -0.3 is 9.47 Å². The lowest BCUT2D eigenvalue weighted by molar-refractivity contribution is -0.121. The Bertz CT molecular complexity index is 541. The van der Waals surface area contributed by atoms with Crippen molar-refractivity contribution in [1.82, 2.24) is 5.43 Å². The molecule has 5 nitrogen and oxygen atoms in total. The predicted octanol–water partition coefficient (Wildman–Crippen LogP) is 3.62. The molecule has 1 N–H and O–H groups in total. The molecule has 1 aliphatic heterocycles. The second-order valence-electron chi connectivity index (χ2n) is 5.46. The first-order valence-electron chi connectivity index (χ1n) is 7.94. The molecule has 0 bridgehead atoms. The highest BCUT2D eigenvalue weighted by atomic mass is 16.7. The maximum atomic E-state index is 11.7. The van der Waals surface area contributed by atoms with E-state index in [1.807, 2.05) is 25.1 Å². The van der Waals surface area contributed by atoms with Gasteiger partial charge in [0.25, 0.3) is 0 Å². The van der Waals surface area contributed by atoms with Crippen molar-refractivity contribution < 1.29 is 14.3 Å². The second kappa shape index (κ2) is 8.41. The maximum absolute atomic E-state index is 11.7. The average Bonchev–Trinajstić information content (AvgIpc) is 2.99. The highest BCUT2D eigenvalue weighted by molar-refractivity contribution is 5.99. The van der Waals surface area contributed by atoms with Gasteiger partial charge in [-0.05, 0) is 31.5 Å². The molecule has 1 aromatic rings. The van der Waals surface area contributed by atoms with Crippen LogP contribution in [-0.2, 0) is 4.79 Å². The molecule has 2 rings (SSSR count). The SMILES string of the molecule is CCCCCCCC(=O)NN=C(C)c1ccc2c(c1)OCO2. The lowest BCUT2D eigenvalue weighted by Gasteiger charge is -2.04. The van der Waals surface area contributed by atoms with E-state index in [9.17, 15) is 4.79 Å². The molecule has 0 aromatic heterocycles. The minimum absolute atomic E-state index is 0.0309. The zero-order valence-corrected chi connectivity index (χ0v) is 13.4. The molecule has 5 heteroatoms.